The monoisotopic (exact) mass is 246 g/mol. The summed E-state index contributed by atoms with van der Waals surface area (Å²) < 4.78 is 12.5. The summed E-state index contributed by atoms with van der Waals surface area (Å²) in [5.74, 6) is -0.733. The molecule has 0 aromatic heterocycles. The number of hydrogen-bond donors (Lipinski definition) is 1. The van der Waals surface area contributed by atoms with Gasteiger partial charge in [0.1, 0.15) is 17.3 Å². The minimum atomic E-state index is -0.507. The molecule has 0 saturated carbocycles. The van der Waals surface area contributed by atoms with Crippen LogP contribution in [0.15, 0.2) is 18.2 Å². The standard InChI is InChI=1S/C9H8BrFO2/c10-5-8(12)3-6-1-2-7(11)4-9(6)13/h1-2,4,13H,3,5H2. The molecular formula is C9H8BrFO2. The third kappa shape index (κ3) is 2.81. The number of carbonyl (C=O) groups is 1. The number of rotatable bonds is 3. The van der Waals surface area contributed by atoms with E-state index in [1.807, 2.05) is 0 Å². The highest BCUT2D eigenvalue weighted by Gasteiger charge is 2.06. The van der Waals surface area contributed by atoms with Crippen molar-refractivity contribution < 1.29 is 14.3 Å². The molecule has 2 nitrogen and oxygen atoms in total. The molecule has 0 atom stereocenters. The molecule has 70 valence electrons. The Kier molecular flexibility index (Phi) is 3.42. The molecule has 0 amide bonds. The fraction of sp³-hybridized carbons (Fsp3) is 0.222. The Labute approximate surface area is 83.5 Å². The molecule has 0 heterocycles. The van der Waals surface area contributed by atoms with E-state index in [1.165, 1.54) is 12.1 Å². The zero-order valence-electron chi connectivity index (χ0n) is 6.76. The maximum Gasteiger partial charge on any atom is 0.147 e. The van der Waals surface area contributed by atoms with Crippen LogP contribution in [0.1, 0.15) is 5.56 Å². The molecule has 4 heteroatoms. The molecule has 0 bridgehead atoms. The molecule has 0 unspecified atom stereocenters. The highest BCUT2D eigenvalue weighted by molar-refractivity contribution is 9.09. The topological polar surface area (TPSA) is 37.3 Å². The second-order valence-electron chi connectivity index (χ2n) is 2.62. The molecule has 0 saturated heterocycles. The van der Waals surface area contributed by atoms with E-state index < -0.39 is 5.82 Å². The zero-order valence-corrected chi connectivity index (χ0v) is 8.34. The summed E-state index contributed by atoms with van der Waals surface area (Å²) in [6, 6.07) is 3.62. The van der Waals surface area contributed by atoms with Crippen LogP contribution in [0, 0.1) is 5.82 Å². The summed E-state index contributed by atoms with van der Waals surface area (Å²) in [5, 5.41) is 9.47. The highest BCUT2D eigenvalue weighted by atomic mass is 79.9. The van der Waals surface area contributed by atoms with Gasteiger partial charge in [-0.1, -0.05) is 22.0 Å². The minimum Gasteiger partial charge on any atom is -0.508 e. The maximum atomic E-state index is 12.5. The lowest BCUT2D eigenvalue weighted by molar-refractivity contribution is -0.115. The Morgan fingerprint density at radius 3 is 2.77 bits per heavy atom. The summed E-state index contributed by atoms with van der Waals surface area (Å²) >= 11 is 3.01. The lowest BCUT2D eigenvalue weighted by atomic mass is 10.1. The Balaban J connectivity index is 2.83. The van der Waals surface area contributed by atoms with Crippen LogP contribution in [0.25, 0.3) is 0 Å². The van der Waals surface area contributed by atoms with Gasteiger partial charge in [0.25, 0.3) is 0 Å². The second-order valence-corrected chi connectivity index (χ2v) is 3.18. The van der Waals surface area contributed by atoms with E-state index in [9.17, 15) is 14.3 Å². The number of Topliss-reactive ketones (excluding diaryl/α,β-unsaturated/α-hetero) is 1. The predicted octanol–water partition coefficient (Wildman–Crippen LogP) is 2.04. The van der Waals surface area contributed by atoms with Crippen molar-refractivity contribution in [3.8, 4) is 5.75 Å². The average Bonchev–Trinajstić information content (AvgIpc) is 2.09. The van der Waals surface area contributed by atoms with Crippen LogP contribution in [0.3, 0.4) is 0 Å². The Bertz CT molecular complexity index is 325. The van der Waals surface area contributed by atoms with Gasteiger partial charge in [-0.25, -0.2) is 4.39 Å². The van der Waals surface area contributed by atoms with Gasteiger partial charge in [-0.3, -0.25) is 4.79 Å². The van der Waals surface area contributed by atoms with Crippen molar-refractivity contribution in [1.29, 1.82) is 0 Å². The predicted molar refractivity (Wildman–Crippen MR) is 50.6 cm³/mol. The van der Waals surface area contributed by atoms with Gasteiger partial charge in [-0.05, 0) is 6.07 Å². The third-order valence-electron chi connectivity index (χ3n) is 1.58. The van der Waals surface area contributed by atoms with Crippen molar-refractivity contribution in [3.63, 3.8) is 0 Å². The van der Waals surface area contributed by atoms with E-state index in [0.717, 1.165) is 6.07 Å². The molecular weight excluding hydrogens is 239 g/mol. The Morgan fingerprint density at radius 1 is 1.54 bits per heavy atom. The first-order valence-corrected chi connectivity index (χ1v) is 4.80. The second kappa shape index (κ2) is 4.37. The Hall–Kier alpha value is -0.900. The van der Waals surface area contributed by atoms with Gasteiger partial charge in [0.05, 0.1) is 5.33 Å². The van der Waals surface area contributed by atoms with E-state index in [0.29, 0.717) is 5.56 Å². The maximum absolute atomic E-state index is 12.5. The molecule has 0 fully saturated rings. The number of hydrogen-bond acceptors (Lipinski definition) is 2. The van der Waals surface area contributed by atoms with E-state index in [1.54, 1.807) is 0 Å². The quantitative estimate of drug-likeness (QED) is 0.830. The van der Waals surface area contributed by atoms with Crippen LogP contribution in [0.4, 0.5) is 4.39 Å². The van der Waals surface area contributed by atoms with E-state index in [2.05, 4.69) is 15.9 Å². The Morgan fingerprint density at radius 2 is 2.23 bits per heavy atom. The number of phenols is 1. The largest absolute Gasteiger partial charge is 0.508 e. The van der Waals surface area contributed by atoms with Crippen LogP contribution in [-0.2, 0) is 11.2 Å². The van der Waals surface area contributed by atoms with Gasteiger partial charge in [0.2, 0.25) is 0 Å². The number of ketones is 1. The number of phenolic OH excluding ortho intramolecular Hbond substituents is 1. The van der Waals surface area contributed by atoms with Crippen LogP contribution in [0.5, 0.6) is 5.75 Å². The molecule has 0 radical (unpaired) electrons. The van der Waals surface area contributed by atoms with Gasteiger partial charge in [-0.15, -0.1) is 0 Å². The number of benzene rings is 1. The first kappa shape index (κ1) is 10.2. The van der Waals surface area contributed by atoms with Crippen molar-refractivity contribution in [1.82, 2.24) is 0 Å². The fourth-order valence-electron chi connectivity index (χ4n) is 0.946. The van der Waals surface area contributed by atoms with E-state index >= 15 is 0 Å². The van der Waals surface area contributed by atoms with E-state index in [4.69, 9.17) is 0 Å². The number of carbonyl (C=O) groups excluding carboxylic acids is 1. The SMILES string of the molecule is O=C(CBr)Cc1ccc(F)cc1O. The van der Waals surface area contributed by atoms with Crippen LogP contribution < -0.4 is 0 Å². The third-order valence-corrected chi connectivity index (χ3v) is 2.21. The van der Waals surface area contributed by atoms with Crippen LogP contribution in [0.2, 0.25) is 0 Å². The minimum absolute atomic E-state index is 0.0538. The molecule has 1 N–H and O–H groups in total. The lowest BCUT2D eigenvalue weighted by Gasteiger charge is -2.01. The van der Waals surface area contributed by atoms with Crippen LogP contribution in [-0.4, -0.2) is 16.2 Å². The molecule has 0 spiro atoms. The van der Waals surface area contributed by atoms with Gasteiger partial charge >= 0.3 is 0 Å². The van der Waals surface area contributed by atoms with Crippen molar-refractivity contribution in [2.24, 2.45) is 0 Å². The molecule has 0 aliphatic rings. The number of alkyl halides is 1. The summed E-state index contributed by atoms with van der Waals surface area (Å²) in [6.45, 7) is 0. The van der Waals surface area contributed by atoms with Gasteiger partial charge < -0.3 is 5.11 Å². The molecule has 0 aliphatic carbocycles. The van der Waals surface area contributed by atoms with E-state index in [-0.39, 0.29) is 23.3 Å². The van der Waals surface area contributed by atoms with Crippen molar-refractivity contribution >= 4 is 21.7 Å². The molecule has 1 aromatic rings. The lowest BCUT2D eigenvalue weighted by Crippen LogP contribution is -2.03. The van der Waals surface area contributed by atoms with Gasteiger partial charge in [-0.2, -0.15) is 0 Å². The van der Waals surface area contributed by atoms with Gasteiger partial charge in [0.15, 0.2) is 0 Å². The first-order valence-electron chi connectivity index (χ1n) is 3.68. The summed E-state index contributed by atoms with van der Waals surface area (Å²) in [4.78, 5) is 11.0. The first-order chi connectivity index (χ1) is 6.13. The molecule has 1 aromatic carbocycles. The zero-order chi connectivity index (χ0) is 9.84. The smallest absolute Gasteiger partial charge is 0.147 e. The highest BCUT2D eigenvalue weighted by Crippen LogP contribution is 2.18. The molecule has 0 aliphatic heterocycles. The van der Waals surface area contributed by atoms with Crippen LogP contribution >= 0.6 is 15.9 Å². The average molecular weight is 247 g/mol. The summed E-state index contributed by atoms with van der Waals surface area (Å²) in [7, 11) is 0. The molecule has 1 rings (SSSR count). The normalized spacial score (nSPS) is 10.0. The van der Waals surface area contributed by atoms with Crippen molar-refractivity contribution in [2.75, 3.05) is 5.33 Å². The fourth-order valence-corrected chi connectivity index (χ4v) is 1.14. The number of aromatic hydroxyl groups is 1. The number of halogens is 2. The summed E-state index contributed by atoms with van der Waals surface area (Å²) in [5.41, 5.74) is 0.450. The van der Waals surface area contributed by atoms with Crippen molar-refractivity contribution in [3.05, 3.63) is 29.6 Å². The summed E-state index contributed by atoms with van der Waals surface area (Å²) in [6.07, 6.45) is 0.122. The van der Waals surface area contributed by atoms with Crippen molar-refractivity contribution in [2.45, 2.75) is 6.42 Å². The molecule has 13 heavy (non-hydrogen) atoms. The van der Waals surface area contributed by atoms with Gasteiger partial charge in [0, 0.05) is 18.1 Å².